The van der Waals surface area contributed by atoms with Crippen LogP contribution in [0.4, 0.5) is 0 Å². The van der Waals surface area contributed by atoms with Gasteiger partial charge in [0.1, 0.15) is 5.82 Å². The monoisotopic (exact) mass is 790 g/mol. The predicted molar refractivity (Wildman–Crippen MR) is 216 cm³/mol. The Bertz CT molecular complexity index is 2400. The number of fused-ring (bicyclic) bond motifs is 3. The van der Waals surface area contributed by atoms with Crippen molar-refractivity contribution in [1.82, 2.24) is 19.3 Å². The average molecular weight is 791 g/mol. The molecule has 0 unspecified atom stereocenters. The molecule has 3 aromatic heterocycles. The van der Waals surface area contributed by atoms with Crippen molar-refractivity contribution in [3.63, 3.8) is 0 Å². The van der Waals surface area contributed by atoms with Crippen molar-refractivity contribution < 1.29 is 25.2 Å². The zero-order valence-corrected chi connectivity index (χ0v) is 33.3. The molecule has 0 fully saturated rings. The summed E-state index contributed by atoms with van der Waals surface area (Å²) >= 11 is 0. The van der Waals surface area contributed by atoms with E-state index in [4.69, 9.17) is 14.8 Å². The van der Waals surface area contributed by atoms with Gasteiger partial charge < -0.3 is 9.30 Å². The summed E-state index contributed by atoms with van der Waals surface area (Å²) in [5.74, 6) is 2.09. The molecular formula is C47H48N4OPd. The molecule has 0 amide bonds. The molecule has 0 radical (unpaired) electrons. The summed E-state index contributed by atoms with van der Waals surface area (Å²) in [6.07, 6.45) is 9.05. The van der Waals surface area contributed by atoms with Gasteiger partial charge in [0, 0.05) is 34.5 Å². The Morgan fingerprint density at radius 1 is 0.774 bits per heavy atom. The van der Waals surface area contributed by atoms with Crippen molar-refractivity contribution in [3.8, 4) is 34.1 Å². The summed E-state index contributed by atoms with van der Waals surface area (Å²) in [5, 5.41) is 7.57. The minimum absolute atomic E-state index is 0. The third-order valence-electron chi connectivity index (χ3n) is 9.94. The molecular weight excluding hydrogens is 743 g/mol. The number of ether oxygens (including phenoxy) is 1. The summed E-state index contributed by atoms with van der Waals surface area (Å²) in [7, 11) is 0. The molecule has 0 aliphatic heterocycles. The van der Waals surface area contributed by atoms with E-state index < -0.39 is 0 Å². The number of rotatable bonds is 13. The molecule has 0 N–H and O–H groups in total. The first-order valence-electron chi connectivity index (χ1n) is 18.8. The van der Waals surface area contributed by atoms with Gasteiger partial charge in [-0.2, -0.15) is 11.2 Å². The molecule has 0 saturated heterocycles. The van der Waals surface area contributed by atoms with Crippen molar-refractivity contribution in [1.29, 1.82) is 0 Å². The van der Waals surface area contributed by atoms with Crippen LogP contribution in [0.3, 0.4) is 0 Å². The molecule has 5 nitrogen and oxygen atoms in total. The Labute approximate surface area is 328 Å². The van der Waals surface area contributed by atoms with E-state index in [9.17, 15) is 0 Å². The van der Waals surface area contributed by atoms with Gasteiger partial charge in [0.25, 0.3) is 0 Å². The Balaban J connectivity index is 0.00000481. The topological polar surface area (TPSA) is 44.9 Å². The molecule has 0 aliphatic rings. The first kappa shape index (κ1) is 38.0. The van der Waals surface area contributed by atoms with Gasteiger partial charge in [-0.25, -0.2) is 4.98 Å². The number of nitrogens with zero attached hydrogens (tertiary/aromatic N) is 4. The average Bonchev–Trinajstić information content (AvgIpc) is 3.66. The largest absolute Gasteiger partial charge is 2.00 e. The molecule has 3 heterocycles. The first-order chi connectivity index (χ1) is 25.3. The van der Waals surface area contributed by atoms with Crippen LogP contribution in [0.25, 0.3) is 50.0 Å². The number of benzene rings is 4. The number of para-hydroxylation sites is 1. The molecule has 7 rings (SSSR count). The normalized spacial score (nSPS) is 11.3. The summed E-state index contributed by atoms with van der Waals surface area (Å²) < 4.78 is 11.0. The second-order valence-corrected chi connectivity index (χ2v) is 14.0. The van der Waals surface area contributed by atoms with Gasteiger partial charge in [0.15, 0.2) is 0 Å². The van der Waals surface area contributed by atoms with Crippen molar-refractivity contribution in [3.05, 3.63) is 137 Å². The number of unbranched alkanes of at least 4 members (excludes halogenated alkanes) is 1. The fourth-order valence-corrected chi connectivity index (χ4v) is 7.43. The van der Waals surface area contributed by atoms with Crippen LogP contribution in [0.5, 0.6) is 11.5 Å². The Hall–Kier alpha value is -4.76. The fraction of sp³-hybridized carbons (Fsp3) is 0.277. The van der Waals surface area contributed by atoms with Crippen LogP contribution < -0.4 is 4.74 Å². The van der Waals surface area contributed by atoms with Crippen molar-refractivity contribution >= 4 is 27.4 Å². The van der Waals surface area contributed by atoms with Crippen molar-refractivity contribution in [2.45, 2.75) is 86.5 Å². The van der Waals surface area contributed by atoms with E-state index in [0.29, 0.717) is 11.5 Å². The number of allylic oxidation sites excluding steroid dienone is 1. The fourth-order valence-electron chi connectivity index (χ4n) is 7.43. The van der Waals surface area contributed by atoms with Crippen LogP contribution in [0, 0.1) is 26.0 Å². The van der Waals surface area contributed by atoms with E-state index in [1.54, 1.807) is 0 Å². The van der Waals surface area contributed by atoms with Crippen molar-refractivity contribution in [2.24, 2.45) is 0 Å². The van der Waals surface area contributed by atoms with E-state index >= 15 is 0 Å². The molecule has 0 spiro atoms. The van der Waals surface area contributed by atoms with Crippen LogP contribution in [0.15, 0.2) is 91.6 Å². The number of aryl methyl sites for hydroxylation is 4. The third-order valence-corrected chi connectivity index (χ3v) is 9.94. The van der Waals surface area contributed by atoms with Gasteiger partial charge >= 0.3 is 20.4 Å². The van der Waals surface area contributed by atoms with Gasteiger partial charge in [-0.1, -0.05) is 94.1 Å². The minimum atomic E-state index is 0. The molecule has 0 aliphatic carbocycles. The van der Waals surface area contributed by atoms with Crippen LogP contribution >= 0.6 is 0 Å². The van der Waals surface area contributed by atoms with Gasteiger partial charge in [-0.3, -0.25) is 4.68 Å². The quantitative estimate of drug-likeness (QED) is 0.0863. The Morgan fingerprint density at radius 2 is 1.55 bits per heavy atom. The molecule has 0 saturated carbocycles. The van der Waals surface area contributed by atoms with E-state index in [0.717, 1.165) is 95.1 Å². The van der Waals surface area contributed by atoms with Crippen LogP contribution in [-0.2, 0) is 39.7 Å². The van der Waals surface area contributed by atoms with Gasteiger partial charge in [0.2, 0.25) is 0 Å². The summed E-state index contributed by atoms with van der Waals surface area (Å²) in [6, 6.07) is 34.9. The van der Waals surface area contributed by atoms with Gasteiger partial charge in [0.05, 0.1) is 5.69 Å². The first-order valence-corrected chi connectivity index (χ1v) is 18.8. The molecule has 4 aromatic carbocycles. The SMILES string of the molecule is C=C(C)c1cc(Oc2[c-]c3c(cc2)c2ccccc2n3-c2cc(CCCC)ccn2)[c-]c(-n2nc(CCC)c(-c3c(C)cccc3C)c2CCC)c1.[Pd+2]. The van der Waals surface area contributed by atoms with Gasteiger partial charge in [-0.05, 0) is 98.0 Å². The molecule has 0 atom stereocenters. The number of hydrogen-bond acceptors (Lipinski definition) is 3. The maximum absolute atomic E-state index is 6.68. The van der Waals surface area contributed by atoms with Crippen LogP contribution in [-0.4, -0.2) is 19.3 Å². The summed E-state index contributed by atoms with van der Waals surface area (Å²) in [6.45, 7) is 17.4. The van der Waals surface area contributed by atoms with Crippen LogP contribution in [0.2, 0.25) is 0 Å². The van der Waals surface area contributed by atoms with Gasteiger partial charge in [-0.15, -0.1) is 41.3 Å². The molecule has 6 heteroatoms. The summed E-state index contributed by atoms with van der Waals surface area (Å²) in [4.78, 5) is 4.83. The Kier molecular flexibility index (Phi) is 11.8. The standard InChI is InChI=1S/C47H48N4O.Pd/c1-8-11-19-34-24-25-48-45(26-34)50-42-21-13-12-20-39(42)40-23-22-37(30-44(40)50)52-38-28-35(31(4)5)27-36(29-38)51-43(16-10-3)47(41(49-51)15-9-2)46-32(6)17-14-18-33(46)7;/h12-14,17-18,20-28H,4,8-11,15-16,19H2,1-3,5-7H3;/q-2;+2. The minimum Gasteiger partial charge on any atom is -0.509 e. The van der Waals surface area contributed by atoms with Crippen LogP contribution in [0.1, 0.15) is 87.0 Å². The molecule has 53 heavy (non-hydrogen) atoms. The van der Waals surface area contributed by atoms with E-state index in [1.165, 1.54) is 33.5 Å². The Morgan fingerprint density at radius 3 is 2.28 bits per heavy atom. The second kappa shape index (κ2) is 16.5. The summed E-state index contributed by atoms with van der Waals surface area (Å²) in [5.41, 5.74) is 13.5. The number of hydrogen-bond donors (Lipinski definition) is 0. The molecule has 7 aromatic rings. The second-order valence-electron chi connectivity index (χ2n) is 14.0. The number of pyridine rings is 1. The van der Waals surface area contributed by atoms with E-state index in [2.05, 4.69) is 129 Å². The third kappa shape index (κ3) is 7.54. The van der Waals surface area contributed by atoms with E-state index in [1.807, 2.05) is 25.3 Å². The van der Waals surface area contributed by atoms with Crippen molar-refractivity contribution in [2.75, 3.05) is 0 Å². The molecule has 0 bridgehead atoms. The maximum Gasteiger partial charge on any atom is 2.00 e. The zero-order chi connectivity index (χ0) is 36.4. The smallest absolute Gasteiger partial charge is 0.509 e. The number of aromatic nitrogens is 4. The molecule has 272 valence electrons. The predicted octanol–water partition coefficient (Wildman–Crippen LogP) is 12.3. The zero-order valence-electron chi connectivity index (χ0n) is 31.8. The maximum atomic E-state index is 6.68. The van der Waals surface area contributed by atoms with E-state index in [-0.39, 0.29) is 20.4 Å².